The first-order chi connectivity index (χ1) is 12.7. The second kappa shape index (κ2) is 8.81. The van der Waals surface area contributed by atoms with Gasteiger partial charge in [-0.1, -0.05) is 18.2 Å². The number of hydrogen-bond acceptors (Lipinski definition) is 3. The fraction of sp³-hybridized carbons (Fsp3) is 0.381. The zero-order chi connectivity index (χ0) is 18.4. The Balaban J connectivity index is 1.41. The van der Waals surface area contributed by atoms with Crippen LogP contribution in [0.25, 0.3) is 0 Å². The van der Waals surface area contributed by atoms with Gasteiger partial charge in [0.2, 0.25) is 0 Å². The molecule has 1 aliphatic heterocycles. The van der Waals surface area contributed by atoms with Gasteiger partial charge in [0.05, 0.1) is 7.11 Å². The fourth-order valence-corrected chi connectivity index (χ4v) is 3.28. The van der Waals surface area contributed by atoms with Crippen LogP contribution in [0.3, 0.4) is 0 Å². The summed E-state index contributed by atoms with van der Waals surface area (Å²) in [5.41, 5.74) is 1.74. The van der Waals surface area contributed by atoms with Crippen molar-refractivity contribution in [1.82, 2.24) is 9.80 Å². The molecule has 2 aromatic carbocycles. The molecule has 0 N–H and O–H groups in total. The van der Waals surface area contributed by atoms with E-state index in [1.54, 1.807) is 19.2 Å². The third-order valence-corrected chi connectivity index (χ3v) is 4.83. The zero-order valence-electron chi connectivity index (χ0n) is 15.2. The Hall–Kier alpha value is -2.40. The van der Waals surface area contributed by atoms with Gasteiger partial charge in [-0.2, -0.15) is 0 Å². The highest BCUT2D eigenvalue weighted by Gasteiger charge is 2.22. The molecule has 1 aliphatic rings. The van der Waals surface area contributed by atoms with Crippen molar-refractivity contribution in [2.75, 3.05) is 39.8 Å². The lowest BCUT2D eigenvalue weighted by Gasteiger charge is -2.34. The summed E-state index contributed by atoms with van der Waals surface area (Å²) < 4.78 is 18.5. The molecule has 1 amide bonds. The van der Waals surface area contributed by atoms with Gasteiger partial charge in [0, 0.05) is 31.7 Å². The van der Waals surface area contributed by atoms with Gasteiger partial charge < -0.3 is 9.64 Å². The van der Waals surface area contributed by atoms with Crippen LogP contribution in [0.5, 0.6) is 5.75 Å². The first kappa shape index (κ1) is 18.4. The Bertz CT molecular complexity index is 725. The Kier molecular flexibility index (Phi) is 6.23. The van der Waals surface area contributed by atoms with E-state index in [1.807, 2.05) is 17.0 Å². The van der Waals surface area contributed by atoms with Crippen LogP contribution in [-0.2, 0) is 6.42 Å². The minimum Gasteiger partial charge on any atom is -0.497 e. The maximum Gasteiger partial charge on any atom is 0.254 e. The minimum atomic E-state index is -0.368. The van der Waals surface area contributed by atoms with Crippen molar-refractivity contribution in [3.8, 4) is 5.75 Å². The van der Waals surface area contributed by atoms with Crippen LogP contribution >= 0.6 is 0 Å². The molecule has 4 nitrogen and oxygen atoms in total. The fourth-order valence-electron chi connectivity index (χ4n) is 3.28. The van der Waals surface area contributed by atoms with E-state index in [0.717, 1.165) is 38.2 Å². The van der Waals surface area contributed by atoms with E-state index < -0.39 is 0 Å². The van der Waals surface area contributed by atoms with Gasteiger partial charge in [-0.05, 0) is 55.3 Å². The molecule has 3 rings (SSSR count). The van der Waals surface area contributed by atoms with Crippen molar-refractivity contribution in [2.24, 2.45) is 0 Å². The SMILES string of the molecule is COc1ccc(CCCN2CCN(C(=O)c3cccc(F)c3)CC2)cc1. The number of hydrogen-bond donors (Lipinski definition) is 0. The highest BCUT2D eigenvalue weighted by molar-refractivity contribution is 5.94. The lowest BCUT2D eigenvalue weighted by Crippen LogP contribution is -2.48. The average Bonchev–Trinajstić information content (AvgIpc) is 2.68. The molecule has 0 bridgehead atoms. The summed E-state index contributed by atoms with van der Waals surface area (Å²) >= 11 is 0. The first-order valence-corrected chi connectivity index (χ1v) is 9.06. The maximum atomic E-state index is 13.3. The summed E-state index contributed by atoms with van der Waals surface area (Å²) in [6.45, 7) is 4.14. The summed E-state index contributed by atoms with van der Waals surface area (Å²) in [6.07, 6.45) is 2.12. The summed E-state index contributed by atoms with van der Waals surface area (Å²) in [5.74, 6) is 0.434. The number of nitrogens with zero attached hydrogens (tertiary/aromatic N) is 2. The molecule has 1 heterocycles. The Morgan fingerprint density at radius 2 is 1.81 bits per heavy atom. The third-order valence-electron chi connectivity index (χ3n) is 4.83. The van der Waals surface area contributed by atoms with E-state index in [-0.39, 0.29) is 11.7 Å². The number of rotatable bonds is 6. The van der Waals surface area contributed by atoms with Gasteiger partial charge in [-0.3, -0.25) is 9.69 Å². The van der Waals surface area contributed by atoms with E-state index in [0.29, 0.717) is 18.7 Å². The molecule has 0 unspecified atom stereocenters. The van der Waals surface area contributed by atoms with Crippen LogP contribution in [0.2, 0.25) is 0 Å². The molecule has 0 atom stereocenters. The first-order valence-electron chi connectivity index (χ1n) is 9.06. The molecule has 138 valence electrons. The van der Waals surface area contributed by atoms with E-state index in [1.165, 1.54) is 17.7 Å². The summed E-state index contributed by atoms with van der Waals surface area (Å²) in [7, 11) is 1.67. The van der Waals surface area contributed by atoms with Crippen LogP contribution in [0, 0.1) is 5.82 Å². The molecule has 1 saturated heterocycles. The van der Waals surface area contributed by atoms with Gasteiger partial charge in [0.1, 0.15) is 11.6 Å². The number of carbonyl (C=O) groups is 1. The molecule has 26 heavy (non-hydrogen) atoms. The molecule has 0 radical (unpaired) electrons. The van der Waals surface area contributed by atoms with Gasteiger partial charge in [0.15, 0.2) is 0 Å². The van der Waals surface area contributed by atoms with Gasteiger partial charge in [-0.15, -0.1) is 0 Å². The van der Waals surface area contributed by atoms with E-state index in [2.05, 4.69) is 17.0 Å². The largest absolute Gasteiger partial charge is 0.497 e. The summed E-state index contributed by atoms with van der Waals surface area (Å²) in [5, 5.41) is 0. The molecule has 1 fully saturated rings. The second-order valence-electron chi connectivity index (χ2n) is 6.60. The van der Waals surface area contributed by atoms with Gasteiger partial charge in [0.25, 0.3) is 5.91 Å². The predicted octanol–water partition coefficient (Wildman–Crippen LogP) is 3.22. The highest BCUT2D eigenvalue weighted by Crippen LogP contribution is 2.14. The number of aryl methyl sites for hydroxylation is 1. The number of halogens is 1. The van der Waals surface area contributed by atoms with E-state index in [4.69, 9.17) is 4.74 Å². The van der Waals surface area contributed by atoms with Crippen molar-refractivity contribution in [3.05, 3.63) is 65.5 Å². The highest BCUT2D eigenvalue weighted by atomic mass is 19.1. The lowest BCUT2D eigenvalue weighted by molar-refractivity contribution is 0.0635. The van der Waals surface area contributed by atoms with Crippen molar-refractivity contribution in [2.45, 2.75) is 12.8 Å². The Morgan fingerprint density at radius 3 is 2.46 bits per heavy atom. The van der Waals surface area contributed by atoms with Gasteiger partial charge in [-0.25, -0.2) is 4.39 Å². The molecule has 0 spiro atoms. The Labute approximate surface area is 154 Å². The molecular weight excluding hydrogens is 331 g/mol. The van der Waals surface area contributed by atoms with Crippen molar-refractivity contribution < 1.29 is 13.9 Å². The van der Waals surface area contributed by atoms with Gasteiger partial charge >= 0.3 is 0 Å². The zero-order valence-corrected chi connectivity index (χ0v) is 15.2. The Morgan fingerprint density at radius 1 is 1.08 bits per heavy atom. The molecule has 0 saturated carbocycles. The standard InChI is InChI=1S/C21H25FN2O2/c1-26-20-9-7-17(8-10-20)4-3-11-23-12-14-24(15-13-23)21(25)18-5-2-6-19(22)16-18/h2,5-10,16H,3-4,11-15H2,1H3. The summed E-state index contributed by atoms with van der Waals surface area (Å²) in [6, 6.07) is 14.1. The topological polar surface area (TPSA) is 32.8 Å². The minimum absolute atomic E-state index is 0.0811. The van der Waals surface area contributed by atoms with Crippen LogP contribution in [0.15, 0.2) is 48.5 Å². The second-order valence-corrected chi connectivity index (χ2v) is 6.60. The lowest BCUT2D eigenvalue weighted by atomic mass is 10.1. The van der Waals surface area contributed by atoms with E-state index in [9.17, 15) is 9.18 Å². The van der Waals surface area contributed by atoms with E-state index >= 15 is 0 Å². The quantitative estimate of drug-likeness (QED) is 0.797. The third kappa shape index (κ3) is 4.82. The molecule has 0 aliphatic carbocycles. The summed E-state index contributed by atoms with van der Waals surface area (Å²) in [4.78, 5) is 16.6. The monoisotopic (exact) mass is 356 g/mol. The molecular formula is C21H25FN2O2. The number of carbonyl (C=O) groups excluding carboxylic acids is 1. The van der Waals surface area contributed by atoms with Crippen LogP contribution in [0.1, 0.15) is 22.3 Å². The number of amides is 1. The number of piperazine rings is 1. The number of benzene rings is 2. The van der Waals surface area contributed by atoms with Crippen molar-refractivity contribution in [3.63, 3.8) is 0 Å². The number of methoxy groups -OCH3 is 1. The average molecular weight is 356 g/mol. The van der Waals surface area contributed by atoms with Crippen molar-refractivity contribution in [1.29, 1.82) is 0 Å². The normalized spacial score (nSPS) is 15.1. The van der Waals surface area contributed by atoms with Crippen molar-refractivity contribution >= 4 is 5.91 Å². The smallest absolute Gasteiger partial charge is 0.254 e. The van der Waals surface area contributed by atoms with Crippen LogP contribution in [0.4, 0.5) is 4.39 Å². The number of ether oxygens (including phenoxy) is 1. The van der Waals surface area contributed by atoms with Crippen LogP contribution < -0.4 is 4.74 Å². The van der Waals surface area contributed by atoms with Crippen LogP contribution in [-0.4, -0.2) is 55.5 Å². The predicted molar refractivity (Wildman–Crippen MR) is 100 cm³/mol. The molecule has 2 aromatic rings. The molecule has 0 aromatic heterocycles. The molecule has 5 heteroatoms. The maximum absolute atomic E-state index is 13.3.